The molecule has 17 heavy (non-hydrogen) atoms. The van der Waals surface area contributed by atoms with E-state index < -0.39 is 11.4 Å². The largest absolute Gasteiger partial charge is 0.481 e. The minimum atomic E-state index is -0.750. The molecule has 0 radical (unpaired) electrons. The van der Waals surface area contributed by atoms with E-state index in [9.17, 15) is 4.79 Å². The molecule has 0 bridgehead atoms. The number of hydrogen-bond acceptors (Lipinski definition) is 2. The van der Waals surface area contributed by atoms with Gasteiger partial charge in [-0.05, 0) is 57.4 Å². The Kier molecular flexibility index (Phi) is 4.16. The Hall–Kier alpha value is -1.51. The minimum absolute atomic E-state index is 0.606. The normalized spacial score (nSPS) is 11.3. The number of nitrogens with one attached hydrogen (secondary N) is 1. The van der Waals surface area contributed by atoms with Gasteiger partial charge in [-0.1, -0.05) is 6.07 Å². The van der Waals surface area contributed by atoms with Crippen molar-refractivity contribution in [2.24, 2.45) is 5.41 Å². The average molecular weight is 235 g/mol. The maximum atomic E-state index is 10.9. The van der Waals surface area contributed by atoms with Gasteiger partial charge in [-0.25, -0.2) is 0 Å². The smallest absolute Gasteiger partial charge is 0.309 e. The summed E-state index contributed by atoms with van der Waals surface area (Å²) >= 11 is 0. The second kappa shape index (κ2) is 5.21. The molecule has 1 rings (SSSR count). The van der Waals surface area contributed by atoms with Gasteiger partial charge >= 0.3 is 5.97 Å². The Morgan fingerprint density at radius 2 is 1.76 bits per heavy atom. The van der Waals surface area contributed by atoms with E-state index in [-0.39, 0.29) is 0 Å². The van der Waals surface area contributed by atoms with Gasteiger partial charge in [-0.2, -0.15) is 0 Å². The molecular formula is C14H21NO2. The maximum absolute atomic E-state index is 10.9. The monoisotopic (exact) mass is 235 g/mol. The van der Waals surface area contributed by atoms with Crippen LogP contribution in [-0.2, 0) is 4.79 Å². The van der Waals surface area contributed by atoms with E-state index in [2.05, 4.69) is 37.4 Å². The zero-order valence-corrected chi connectivity index (χ0v) is 11.0. The van der Waals surface area contributed by atoms with Gasteiger partial charge in [-0.15, -0.1) is 0 Å². The summed E-state index contributed by atoms with van der Waals surface area (Å²) in [6.07, 6.45) is 0.606. The molecule has 0 saturated carbocycles. The number of rotatable bonds is 5. The van der Waals surface area contributed by atoms with E-state index >= 15 is 0 Å². The lowest BCUT2D eigenvalue weighted by Gasteiger charge is -2.19. The molecule has 0 unspecified atom stereocenters. The van der Waals surface area contributed by atoms with Crippen LogP contribution in [0, 0.1) is 19.3 Å². The van der Waals surface area contributed by atoms with Crippen molar-refractivity contribution in [2.45, 2.75) is 34.1 Å². The van der Waals surface area contributed by atoms with Crippen LogP contribution in [0.1, 0.15) is 31.4 Å². The van der Waals surface area contributed by atoms with E-state index in [0.29, 0.717) is 13.0 Å². The van der Waals surface area contributed by atoms with Crippen molar-refractivity contribution < 1.29 is 9.90 Å². The zero-order chi connectivity index (χ0) is 13.1. The molecule has 0 saturated heterocycles. The van der Waals surface area contributed by atoms with Gasteiger partial charge in [0, 0.05) is 12.2 Å². The van der Waals surface area contributed by atoms with Crippen LogP contribution < -0.4 is 5.32 Å². The second-order valence-electron chi connectivity index (χ2n) is 5.24. The molecule has 3 heteroatoms. The van der Waals surface area contributed by atoms with Crippen LogP contribution in [0.15, 0.2) is 18.2 Å². The number of aryl methyl sites for hydroxylation is 2. The van der Waals surface area contributed by atoms with Crippen molar-refractivity contribution in [1.82, 2.24) is 0 Å². The second-order valence-corrected chi connectivity index (χ2v) is 5.24. The summed E-state index contributed by atoms with van der Waals surface area (Å²) in [4.78, 5) is 10.9. The molecule has 0 aliphatic rings. The third-order valence-electron chi connectivity index (χ3n) is 2.88. The lowest BCUT2D eigenvalue weighted by atomic mass is 9.89. The number of benzene rings is 1. The summed E-state index contributed by atoms with van der Waals surface area (Å²) in [5.74, 6) is -0.750. The molecule has 94 valence electrons. The summed E-state index contributed by atoms with van der Waals surface area (Å²) < 4.78 is 0. The van der Waals surface area contributed by atoms with Gasteiger partial charge in [0.15, 0.2) is 0 Å². The highest BCUT2D eigenvalue weighted by Crippen LogP contribution is 2.21. The molecule has 3 nitrogen and oxygen atoms in total. The average Bonchev–Trinajstić information content (AvgIpc) is 2.15. The van der Waals surface area contributed by atoms with E-state index in [1.807, 2.05) is 0 Å². The highest BCUT2D eigenvalue weighted by molar-refractivity contribution is 5.73. The molecule has 0 atom stereocenters. The molecule has 1 aromatic rings. The first kappa shape index (κ1) is 13.6. The molecule has 0 aromatic heterocycles. The van der Waals surface area contributed by atoms with Gasteiger partial charge in [0.05, 0.1) is 5.41 Å². The molecule has 0 heterocycles. The first-order chi connectivity index (χ1) is 7.81. The quantitative estimate of drug-likeness (QED) is 0.823. The summed E-state index contributed by atoms with van der Waals surface area (Å²) in [5, 5.41) is 12.3. The van der Waals surface area contributed by atoms with Crippen molar-refractivity contribution >= 4 is 11.7 Å². The molecule has 2 N–H and O–H groups in total. The van der Waals surface area contributed by atoms with Gasteiger partial charge in [0.1, 0.15) is 0 Å². The minimum Gasteiger partial charge on any atom is -0.481 e. The number of aliphatic carboxylic acids is 1. The lowest BCUT2D eigenvalue weighted by Crippen LogP contribution is -2.26. The highest BCUT2D eigenvalue weighted by atomic mass is 16.4. The molecule has 0 aliphatic heterocycles. The van der Waals surface area contributed by atoms with Crippen LogP contribution in [0.5, 0.6) is 0 Å². The molecular weight excluding hydrogens is 214 g/mol. The van der Waals surface area contributed by atoms with Gasteiger partial charge in [-0.3, -0.25) is 4.79 Å². The SMILES string of the molecule is Cc1cc(C)cc(NCCC(C)(C)C(=O)O)c1. The third-order valence-corrected chi connectivity index (χ3v) is 2.88. The van der Waals surface area contributed by atoms with E-state index in [4.69, 9.17) is 5.11 Å². The maximum Gasteiger partial charge on any atom is 0.309 e. The van der Waals surface area contributed by atoms with Gasteiger partial charge in [0.25, 0.3) is 0 Å². The van der Waals surface area contributed by atoms with Crippen molar-refractivity contribution in [3.05, 3.63) is 29.3 Å². The van der Waals surface area contributed by atoms with Gasteiger partial charge < -0.3 is 10.4 Å². The van der Waals surface area contributed by atoms with Crippen LogP contribution in [-0.4, -0.2) is 17.6 Å². The Morgan fingerprint density at radius 1 is 1.24 bits per heavy atom. The highest BCUT2D eigenvalue weighted by Gasteiger charge is 2.26. The summed E-state index contributed by atoms with van der Waals surface area (Å²) in [6.45, 7) is 8.28. The molecule has 0 aliphatic carbocycles. The van der Waals surface area contributed by atoms with Crippen molar-refractivity contribution in [2.75, 3.05) is 11.9 Å². The van der Waals surface area contributed by atoms with Crippen LogP contribution in [0.4, 0.5) is 5.69 Å². The lowest BCUT2D eigenvalue weighted by molar-refractivity contribution is -0.147. The Labute approximate surface area is 103 Å². The number of carboxylic acids is 1. The third kappa shape index (κ3) is 4.10. The van der Waals surface area contributed by atoms with Crippen molar-refractivity contribution in [3.8, 4) is 0 Å². The number of carbonyl (C=O) groups is 1. The summed E-state index contributed by atoms with van der Waals surface area (Å²) in [6, 6.07) is 6.26. The Morgan fingerprint density at radius 3 is 2.24 bits per heavy atom. The number of anilines is 1. The molecule has 0 fully saturated rings. The zero-order valence-electron chi connectivity index (χ0n) is 11.0. The summed E-state index contributed by atoms with van der Waals surface area (Å²) in [5.41, 5.74) is 2.81. The first-order valence-electron chi connectivity index (χ1n) is 5.87. The fraction of sp³-hybridized carbons (Fsp3) is 0.500. The predicted octanol–water partition coefficient (Wildman–Crippen LogP) is 3.22. The van der Waals surface area contributed by atoms with Crippen LogP contribution in [0.2, 0.25) is 0 Å². The molecule has 0 spiro atoms. The standard InChI is InChI=1S/C14H21NO2/c1-10-7-11(2)9-12(8-10)15-6-5-14(3,4)13(16)17/h7-9,15H,5-6H2,1-4H3,(H,16,17). The molecule has 0 amide bonds. The fourth-order valence-corrected chi connectivity index (χ4v) is 1.70. The Bertz CT molecular complexity index is 390. The van der Waals surface area contributed by atoms with Crippen molar-refractivity contribution in [3.63, 3.8) is 0 Å². The van der Waals surface area contributed by atoms with Crippen molar-refractivity contribution in [1.29, 1.82) is 0 Å². The van der Waals surface area contributed by atoms with Crippen LogP contribution >= 0.6 is 0 Å². The predicted molar refractivity (Wildman–Crippen MR) is 70.4 cm³/mol. The van der Waals surface area contributed by atoms with Gasteiger partial charge in [0.2, 0.25) is 0 Å². The first-order valence-corrected chi connectivity index (χ1v) is 5.87. The van der Waals surface area contributed by atoms with E-state index in [1.165, 1.54) is 11.1 Å². The Balaban J connectivity index is 2.54. The summed E-state index contributed by atoms with van der Waals surface area (Å²) in [7, 11) is 0. The van der Waals surface area contributed by atoms with E-state index in [0.717, 1.165) is 5.69 Å². The fourth-order valence-electron chi connectivity index (χ4n) is 1.70. The number of carboxylic acid groups (broad SMARTS) is 1. The van der Waals surface area contributed by atoms with Crippen LogP contribution in [0.25, 0.3) is 0 Å². The topological polar surface area (TPSA) is 49.3 Å². The van der Waals surface area contributed by atoms with Crippen LogP contribution in [0.3, 0.4) is 0 Å². The molecule has 1 aromatic carbocycles. The number of hydrogen-bond donors (Lipinski definition) is 2. The van der Waals surface area contributed by atoms with E-state index in [1.54, 1.807) is 13.8 Å².